The van der Waals surface area contributed by atoms with Gasteiger partial charge in [0.25, 0.3) is 20.0 Å². The number of nitrogens with one attached hydrogen (secondary N) is 1. The lowest BCUT2D eigenvalue weighted by molar-refractivity contribution is -0.120. The van der Waals surface area contributed by atoms with Crippen LogP contribution < -0.4 is 19.9 Å². The van der Waals surface area contributed by atoms with Gasteiger partial charge in [0.1, 0.15) is 35.5 Å². The first-order valence-electron chi connectivity index (χ1n) is 23.1. The average molecular weight is 970 g/mol. The van der Waals surface area contributed by atoms with E-state index < -0.39 is 67.6 Å². The van der Waals surface area contributed by atoms with Crippen LogP contribution in [0.5, 0.6) is 11.5 Å². The number of hydrogen-bond acceptors (Lipinski definition) is 14. The smallest absolute Gasteiger partial charge is 0.280 e. The Morgan fingerprint density at radius 3 is 2.00 bits per heavy atom. The number of nitriles is 1. The van der Waals surface area contributed by atoms with Crippen LogP contribution in [0.1, 0.15) is 91.6 Å². The molecule has 2 bridgehead atoms. The first kappa shape index (κ1) is 49.8. The van der Waals surface area contributed by atoms with E-state index in [1.807, 2.05) is 111 Å². The summed E-state index contributed by atoms with van der Waals surface area (Å²) in [6, 6.07) is 32.9. The molecule has 70 heavy (non-hydrogen) atoms. The first-order chi connectivity index (χ1) is 33.7. The van der Waals surface area contributed by atoms with Gasteiger partial charge in [-0.1, -0.05) is 86.6 Å². The number of ether oxygens (including phenoxy) is 4. The number of amides is 2. The highest BCUT2D eigenvalue weighted by atomic mass is 31.2. The molecule has 1 unspecified atom stereocenters. The highest BCUT2D eigenvalue weighted by molar-refractivity contribution is 7.44. The van der Waals surface area contributed by atoms with Crippen molar-refractivity contribution in [3.05, 3.63) is 148 Å². The minimum atomic E-state index is -2.05. The monoisotopic (exact) mass is 969 g/mol. The fraction of sp³-hybridized carbons (Fsp3) is 0.365. The topological polar surface area (TPSA) is 200 Å². The van der Waals surface area contributed by atoms with Gasteiger partial charge in [0, 0.05) is 23.6 Å². The van der Waals surface area contributed by atoms with E-state index in [0.717, 1.165) is 21.6 Å². The number of Topliss-reactive ketones (excluding diaryl/α,β-unsaturated/α-hetero) is 1. The van der Waals surface area contributed by atoms with Crippen molar-refractivity contribution < 1.29 is 42.4 Å². The number of methoxy groups -OCH3 is 2. The number of ketones is 1. The molecule has 0 radical (unpaired) electrons. The maximum Gasteiger partial charge on any atom is 0.280 e. The summed E-state index contributed by atoms with van der Waals surface area (Å²) in [5.41, 5.74) is -0.101. The summed E-state index contributed by atoms with van der Waals surface area (Å²) in [4.78, 5) is 71.2. The minimum Gasteiger partial charge on any atom is -0.497 e. The van der Waals surface area contributed by atoms with Crippen LogP contribution in [0.15, 0.2) is 114 Å². The number of hydrogen-bond donors (Lipinski definition) is 1. The van der Waals surface area contributed by atoms with E-state index in [-0.39, 0.29) is 60.0 Å². The molecule has 2 aliphatic rings. The highest BCUT2D eigenvalue weighted by Crippen LogP contribution is 2.53. The Hall–Kier alpha value is -6.64. The van der Waals surface area contributed by atoms with Crippen molar-refractivity contribution in [3.63, 3.8) is 0 Å². The summed E-state index contributed by atoms with van der Waals surface area (Å²) in [5.74, 6) is -3.18. The van der Waals surface area contributed by atoms with Gasteiger partial charge in [-0.3, -0.25) is 28.7 Å². The molecule has 0 saturated carbocycles. The Kier molecular flexibility index (Phi) is 15.0. The van der Waals surface area contributed by atoms with Crippen LogP contribution in [-0.4, -0.2) is 93.5 Å². The molecule has 0 aliphatic carbocycles. The van der Waals surface area contributed by atoms with Gasteiger partial charge in [-0.25, -0.2) is 14.6 Å². The van der Waals surface area contributed by atoms with Crippen LogP contribution in [-0.2, 0) is 28.9 Å². The van der Waals surface area contributed by atoms with Crippen molar-refractivity contribution in [2.24, 2.45) is 11.8 Å². The van der Waals surface area contributed by atoms with Gasteiger partial charge in [-0.2, -0.15) is 10.2 Å². The SMILES string of the molecule is COc1ccc(C(OC[C@H]2O[C@@H]3[C@H](C(=O)c4ccccc4C(=O)N(C(=O)C(C)C)c4nc5c(ncn53)c(=O)[nH]4)[C@@H]2OP(OCCC#N)N(C(C)C)C(C)C)(c2ccccc2)c2ccc(OC)cc2)cc1. The standard InChI is InChI=1S/C52H56N7O10P/c1-31(2)48(62)58-49(63)40-18-13-12-17-39(40)44(60)42-45(69-70(67-28-14-27-53)59(32(3)4)33(5)6)41(68-50(42)57-30-54-43-46(57)55-51(58)56-47(43)61)29-66-52(34-15-10-9-11-16-34,35-19-23-37(64-7)24-20-35)36-21-25-38(65-8)26-22-36/h9-13,15-26,30-33,41-42,45,50H,14,28-29H2,1-8H3,(H,55,56,61)/t41-,42-,45-,50-,70?/m1/s1. The molecule has 0 spiro atoms. The molecular weight excluding hydrogens is 914 g/mol. The number of rotatable bonds is 17. The molecule has 1 N–H and O–H groups in total. The number of H-pyrrole nitrogens is 1. The largest absolute Gasteiger partial charge is 0.497 e. The molecule has 364 valence electrons. The van der Waals surface area contributed by atoms with Gasteiger partial charge in [-0.05, 0) is 74.7 Å². The van der Waals surface area contributed by atoms with Crippen LogP contribution in [0, 0.1) is 23.2 Å². The zero-order valence-electron chi connectivity index (χ0n) is 40.3. The number of carbonyl (C=O) groups is 3. The second kappa shape index (κ2) is 21.2. The lowest BCUT2D eigenvalue weighted by Crippen LogP contribution is -2.43. The van der Waals surface area contributed by atoms with Gasteiger partial charge in [0.15, 0.2) is 16.9 Å². The van der Waals surface area contributed by atoms with Crippen LogP contribution >= 0.6 is 8.53 Å². The Morgan fingerprint density at radius 2 is 1.43 bits per heavy atom. The molecule has 8 rings (SSSR count). The number of benzene rings is 4. The summed E-state index contributed by atoms with van der Waals surface area (Å²) in [7, 11) is 1.14. The Labute approximate surface area is 407 Å². The third kappa shape index (κ3) is 9.38. The number of nitrogens with zero attached hydrogens (tertiary/aromatic N) is 6. The number of imidazole rings is 1. The van der Waals surface area contributed by atoms with E-state index in [4.69, 9.17) is 33.0 Å². The maximum atomic E-state index is 15.9. The van der Waals surface area contributed by atoms with Gasteiger partial charge in [0.2, 0.25) is 11.9 Å². The molecule has 18 heteroatoms. The van der Waals surface area contributed by atoms with E-state index in [1.54, 1.807) is 40.2 Å². The molecule has 6 aromatic rings. The van der Waals surface area contributed by atoms with E-state index >= 15 is 4.79 Å². The number of aromatic nitrogens is 4. The van der Waals surface area contributed by atoms with Crippen LogP contribution in [0.2, 0.25) is 0 Å². The molecule has 2 aromatic heterocycles. The Morgan fingerprint density at radius 1 is 0.843 bits per heavy atom. The maximum absolute atomic E-state index is 15.9. The first-order valence-corrected chi connectivity index (χ1v) is 24.2. The molecule has 2 aliphatic heterocycles. The highest BCUT2D eigenvalue weighted by Gasteiger charge is 2.55. The lowest BCUT2D eigenvalue weighted by atomic mass is 9.80. The van der Waals surface area contributed by atoms with E-state index in [2.05, 4.69) is 16.0 Å². The van der Waals surface area contributed by atoms with Crippen molar-refractivity contribution in [2.75, 3.05) is 32.3 Å². The minimum absolute atomic E-state index is 0.0223. The van der Waals surface area contributed by atoms with Crippen LogP contribution in [0.3, 0.4) is 0 Å². The number of fused-ring (bicyclic) bond motifs is 4. The summed E-state index contributed by atoms with van der Waals surface area (Å²) >= 11 is 0. The second-order valence-corrected chi connectivity index (χ2v) is 19.2. The lowest BCUT2D eigenvalue weighted by Gasteiger charge is -2.39. The second-order valence-electron chi connectivity index (χ2n) is 17.8. The average Bonchev–Trinajstić information content (AvgIpc) is 3.95. The summed E-state index contributed by atoms with van der Waals surface area (Å²) in [6.07, 6.45) is -2.16. The number of aromatic amines is 1. The molecule has 1 saturated heterocycles. The quantitative estimate of drug-likeness (QED) is 0.0519. The van der Waals surface area contributed by atoms with Gasteiger partial charge in [0.05, 0.1) is 57.7 Å². The normalized spacial score (nSPS) is 18.6. The molecule has 4 heterocycles. The van der Waals surface area contributed by atoms with Crippen molar-refractivity contribution in [2.45, 2.75) is 84.1 Å². The fourth-order valence-corrected chi connectivity index (χ4v) is 10.9. The van der Waals surface area contributed by atoms with Crippen molar-refractivity contribution in [3.8, 4) is 17.6 Å². The van der Waals surface area contributed by atoms with Gasteiger partial charge in [-0.15, -0.1) is 0 Å². The molecule has 1 fully saturated rings. The number of anilines is 1. The number of carbonyl (C=O) groups excluding carboxylic acids is 3. The van der Waals surface area contributed by atoms with Crippen molar-refractivity contribution >= 4 is 43.2 Å². The zero-order chi connectivity index (χ0) is 49.9. The molecule has 5 atom stereocenters. The van der Waals surface area contributed by atoms with Crippen molar-refractivity contribution in [1.82, 2.24) is 24.2 Å². The Bertz CT molecular complexity index is 2880. The van der Waals surface area contributed by atoms with Crippen molar-refractivity contribution in [1.29, 1.82) is 5.26 Å². The summed E-state index contributed by atoms with van der Waals surface area (Å²) in [6.45, 7) is 11.0. The molecular formula is C52H56N7O10P. The predicted molar refractivity (Wildman–Crippen MR) is 261 cm³/mol. The summed E-state index contributed by atoms with van der Waals surface area (Å²) < 4.78 is 43.0. The Balaban J connectivity index is 1.37. The van der Waals surface area contributed by atoms with Crippen LogP contribution in [0.25, 0.3) is 11.2 Å². The van der Waals surface area contributed by atoms with Gasteiger partial charge < -0.3 is 28.0 Å². The fourth-order valence-electron chi connectivity index (χ4n) is 9.15. The van der Waals surface area contributed by atoms with E-state index in [0.29, 0.717) is 11.5 Å². The zero-order valence-corrected chi connectivity index (χ0v) is 41.2. The number of imide groups is 1. The van der Waals surface area contributed by atoms with E-state index in [9.17, 15) is 19.6 Å². The molecule has 2 amide bonds. The molecule has 17 nitrogen and oxygen atoms in total. The third-order valence-corrected chi connectivity index (χ3v) is 14.5. The molecule has 4 aromatic carbocycles. The van der Waals surface area contributed by atoms with Crippen LogP contribution in [0.4, 0.5) is 5.95 Å². The van der Waals surface area contributed by atoms with E-state index in [1.165, 1.54) is 23.0 Å². The van der Waals surface area contributed by atoms with Gasteiger partial charge >= 0.3 is 0 Å². The predicted octanol–water partition coefficient (Wildman–Crippen LogP) is 8.35. The summed E-state index contributed by atoms with van der Waals surface area (Å²) in [5, 5.41) is 9.63. The third-order valence-electron chi connectivity index (χ3n) is 12.4.